The van der Waals surface area contributed by atoms with Crippen LogP contribution in [-0.4, -0.2) is 31.0 Å². The first-order valence-corrected chi connectivity index (χ1v) is 6.24. The molecule has 0 saturated carbocycles. The Labute approximate surface area is 112 Å². The highest BCUT2D eigenvalue weighted by atomic mass is 16.5. The van der Waals surface area contributed by atoms with E-state index in [0.717, 1.165) is 12.8 Å². The fraction of sp³-hybridized carbons (Fsp3) is 0.462. The maximum atomic E-state index is 11.5. The van der Waals surface area contributed by atoms with Gasteiger partial charge in [-0.3, -0.25) is 5.32 Å². The van der Waals surface area contributed by atoms with Gasteiger partial charge < -0.3 is 20.3 Å². The number of aliphatic hydroxyl groups excluding tert-OH is 1. The monoisotopic (exact) mass is 268 g/mol. The van der Waals surface area contributed by atoms with Crippen LogP contribution < -0.4 is 15.8 Å². The number of carbonyl (C=O) groups excluding carboxylic acids is 1. The van der Waals surface area contributed by atoms with Gasteiger partial charge in [-0.2, -0.15) is 0 Å². The summed E-state index contributed by atoms with van der Waals surface area (Å²) in [5.74, 6) is 0.440. The summed E-state index contributed by atoms with van der Waals surface area (Å²) in [6.07, 6.45) is 1.22. The molecule has 1 aromatic rings. The molecule has 6 heteroatoms. The predicted octanol–water partition coefficient (Wildman–Crippen LogP) is 1.99. The van der Waals surface area contributed by atoms with Crippen molar-refractivity contribution in [3.8, 4) is 5.75 Å². The summed E-state index contributed by atoms with van der Waals surface area (Å²) in [5, 5.41) is 11.3. The summed E-state index contributed by atoms with van der Waals surface area (Å²) < 4.78 is 10.3. The van der Waals surface area contributed by atoms with Gasteiger partial charge in [0.05, 0.1) is 18.9 Å². The van der Waals surface area contributed by atoms with Crippen molar-refractivity contribution >= 4 is 17.5 Å². The Morgan fingerprint density at radius 3 is 2.89 bits per heavy atom. The Morgan fingerprint density at radius 1 is 1.42 bits per heavy atom. The Balaban J connectivity index is 2.63. The van der Waals surface area contributed by atoms with Crippen molar-refractivity contribution in [1.82, 2.24) is 0 Å². The van der Waals surface area contributed by atoms with Gasteiger partial charge in [-0.15, -0.1) is 0 Å². The van der Waals surface area contributed by atoms with Gasteiger partial charge in [-0.05, 0) is 24.6 Å². The third-order valence-electron chi connectivity index (χ3n) is 2.32. The van der Waals surface area contributed by atoms with Crippen LogP contribution in [0.1, 0.15) is 19.8 Å². The first kappa shape index (κ1) is 15.1. The summed E-state index contributed by atoms with van der Waals surface area (Å²) >= 11 is 0. The molecule has 0 radical (unpaired) electrons. The number of unbranched alkanes of at least 4 members (excludes halogenated alkanes) is 1. The minimum absolute atomic E-state index is 0.106. The molecular formula is C13H20N2O4. The fourth-order valence-electron chi connectivity index (χ4n) is 1.38. The summed E-state index contributed by atoms with van der Waals surface area (Å²) in [5.41, 5.74) is 6.58. The zero-order chi connectivity index (χ0) is 14.1. The quantitative estimate of drug-likeness (QED) is 0.519. The number of carbonyl (C=O) groups is 1. The van der Waals surface area contributed by atoms with Crippen LogP contribution in [0.15, 0.2) is 18.2 Å². The summed E-state index contributed by atoms with van der Waals surface area (Å²) in [6, 6.07) is 4.86. The van der Waals surface area contributed by atoms with E-state index in [0.29, 0.717) is 23.7 Å². The molecule has 0 heterocycles. The van der Waals surface area contributed by atoms with E-state index in [9.17, 15) is 4.79 Å². The normalized spacial score (nSPS) is 10.0. The fourth-order valence-corrected chi connectivity index (χ4v) is 1.38. The van der Waals surface area contributed by atoms with Crippen molar-refractivity contribution in [3.05, 3.63) is 18.2 Å². The average molecular weight is 268 g/mol. The van der Waals surface area contributed by atoms with Crippen LogP contribution in [0.5, 0.6) is 5.75 Å². The molecule has 0 fully saturated rings. The molecule has 0 spiro atoms. The van der Waals surface area contributed by atoms with Crippen molar-refractivity contribution < 1.29 is 19.4 Å². The van der Waals surface area contributed by atoms with Crippen molar-refractivity contribution in [1.29, 1.82) is 0 Å². The van der Waals surface area contributed by atoms with E-state index < -0.39 is 6.09 Å². The van der Waals surface area contributed by atoms with E-state index in [4.69, 9.17) is 20.3 Å². The number of benzene rings is 1. The Morgan fingerprint density at radius 2 is 2.21 bits per heavy atom. The molecule has 0 bridgehead atoms. The number of nitrogen functional groups attached to an aromatic ring is 1. The number of nitrogens with two attached hydrogens (primary N) is 1. The molecule has 0 aromatic heterocycles. The first-order valence-electron chi connectivity index (χ1n) is 6.24. The van der Waals surface area contributed by atoms with Crippen LogP contribution >= 0.6 is 0 Å². The second-order valence-electron chi connectivity index (χ2n) is 3.94. The summed E-state index contributed by atoms with van der Waals surface area (Å²) in [7, 11) is 0. The van der Waals surface area contributed by atoms with E-state index in [1.807, 2.05) is 6.92 Å². The number of ether oxygens (including phenoxy) is 2. The zero-order valence-electron chi connectivity index (χ0n) is 11.0. The molecule has 6 nitrogen and oxygen atoms in total. The Bertz CT molecular complexity index is 410. The van der Waals surface area contributed by atoms with Gasteiger partial charge in [0, 0.05) is 5.69 Å². The van der Waals surface area contributed by atoms with Gasteiger partial charge in [0.1, 0.15) is 12.4 Å². The van der Waals surface area contributed by atoms with Crippen LogP contribution in [0.25, 0.3) is 0 Å². The topological polar surface area (TPSA) is 93.8 Å². The molecule has 19 heavy (non-hydrogen) atoms. The van der Waals surface area contributed by atoms with Gasteiger partial charge in [0.15, 0.2) is 0 Å². The standard InChI is InChI=1S/C13H20N2O4/c1-2-3-7-19-13(17)15-11-9-10(14)4-5-12(11)18-8-6-16/h4-5,9,16H,2-3,6-8,14H2,1H3,(H,15,17). The van der Waals surface area contributed by atoms with Gasteiger partial charge >= 0.3 is 6.09 Å². The van der Waals surface area contributed by atoms with E-state index in [-0.39, 0.29) is 13.2 Å². The predicted molar refractivity (Wildman–Crippen MR) is 73.3 cm³/mol. The minimum Gasteiger partial charge on any atom is -0.489 e. The summed E-state index contributed by atoms with van der Waals surface area (Å²) in [4.78, 5) is 11.5. The van der Waals surface area contributed by atoms with E-state index in [2.05, 4.69) is 5.32 Å². The zero-order valence-corrected chi connectivity index (χ0v) is 11.0. The number of hydrogen-bond donors (Lipinski definition) is 3. The Kier molecular flexibility index (Phi) is 6.52. The SMILES string of the molecule is CCCCOC(=O)Nc1cc(N)ccc1OCCO. The second kappa shape index (κ2) is 8.20. The molecule has 0 saturated heterocycles. The number of nitrogens with one attached hydrogen (secondary N) is 1. The van der Waals surface area contributed by atoms with E-state index in [1.54, 1.807) is 18.2 Å². The molecule has 0 aliphatic rings. The molecule has 1 aromatic carbocycles. The smallest absolute Gasteiger partial charge is 0.411 e. The number of amides is 1. The lowest BCUT2D eigenvalue weighted by atomic mass is 10.2. The van der Waals surface area contributed by atoms with Crippen LogP contribution in [0, 0.1) is 0 Å². The maximum Gasteiger partial charge on any atom is 0.411 e. The van der Waals surface area contributed by atoms with Crippen molar-refractivity contribution in [3.63, 3.8) is 0 Å². The Hall–Kier alpha value is -1.95. The van der Waals surface area contributed by atoms with Crippen molar-refractivity contribution in [2.24, 2.45) is 0 Å². The number of rotatable bonds is 7. The number of anilines is 2. The lowest BCUT2D eigenvalue weighted by molar-refractivity contribution is 0.159. The minimum atomic E-state index is -0.548. The average Bonchev–Trinajstić information content (AvgIpc) is 2.38. The molecule has 1 rings (SSSR count). The highest BCUT2D eigenvalue weighted by Gasteiger charge is 2.09. The molecule has 0 unspecified atom stereocenters. The molecule has 4 N–H and O–H groups in total. The van der Waals surface area contributed by atoms with Crippen LogP contribution in [0.2, 0.25) is 0 Å². The second-order valence-corrected chi connectivity index (χ2v) is 3.94. The molecule has 0 aliphatic carbocycles. The van der Waals surface area contributed by atoms with Gasteiger partial charge in [0.25, 0.3) is 0 Å². The van der Waals surface area contributed by atoms with E-state index >= 15 is 0 Å². The summed E-state index contributed by atoms with van der Waals surface area (Å²) in [6.45, 7) is 2.42. The molecule has 106 valence electrons. The third-order valence-corrected chi connectivity index (χ3v) is 2.32. The lowest BCUT2D eigenvalue weighted by Gasteiger charge is -2.12. The van der Waals surface area contributed by atoms with Crippen LogP contribution in [0.4, 0.5) is 16.2 Å². The number of hydrogen-bond acceptors (Lipinski definition) is 5. The maximum absolute atomic E-state index is 11.5. The molecule has 1 amide bonds. The highest BCUT2D eigenvalue weighted by molar-refractivity contribution is 5.87. The van der Waals surface area contributed by atoms with Crippen molar-refractivity contribution in [2.45, 2.75) is 19.8 Å². The first-order chi connectivity index (χ1) is 9.17. The van der Waals surface area contributed by atoms with Crippen LogP contribution in [-0.2, 0) is 4.74 Å². The van der Waals surface area contributed by atoms with E-state index in [1.165, 1.54) is 0 Å². The largest absolute Gasteiger partial charge is 0.489 e. The third kappa shape index (κ3) is 5.48. The molecular weight excluding hydrogens is 248 g/mol. The van der Waals surface area contributed by atoms with Gasteiger partial charge in [-0.1, -0.05) is 13.3 Å². The molecule has 0 aliphatic heterocycles. The van der Waals surface area contributed by atoms with Gasteiger partial charge in [0.2, 0.25) is 0 Å². The highest BCUT2D eigenvalue weighted by Crippen LogP contribution is 2.27. The number of aliphatic hydroxyl groups is 1. The van der Waals surface area contributed by atoms with Gasteiger partial charge in [-0.25, -0.2) is 4.79 Å². The van der Waals surface area contributed by atoms with Crippen LogP contribution in [0.3, 0.4) is 0 Å². The van der Waals surface area contributed by atoms with Crippen molar-refractivity contribution in [2.75, 3.05) is 30.9 Å². The lowest BCUT2D eigenvalue weighted by Crippen LogP contribution is -2.15. The molecule has 0 atom stereocenters.